The molecule has 1 aromatic carbocycles. The first-order valence-corrected chi connectivity index (χ1v) is 7.97. The van der Waals surface area contributed by atoms with Gasteiger partial charge in [-0.3, -0.25) is 0 Å². The van der Waals surface area contributed by atoms with Crippen LogP contribution in [0.25, 0.3) is 0 Å². The smallest absolute Gasteiger partial charge is 0.327 e. The fourth-order valence-electron chi connectivity index (χ4n) is 2.80. The molecule has 5 nitrogen and oxygen atoms in total. The number of aryl methyl sites for hydroxylation is 1. The van der Waals surface area contributed by atoms with Crippen molar-refractivity contribution in [1.29, 1.82) is 0 Å². The van der Waals surface area contributed by atoms with Gasteiger partial charge >= 0.3 is 5.97 Å². The summed E-state index contributed by atoms with van der Waals surface area (Å²) < 4.78 is 4.75. The molecule has 1 heterocycles. The molecule has 0 saturated carbocycles. The normalized spacial score (nSPS) is 17.2. The second-order valence-electron chi connectivity index (χ2n) is 5.81. The molecule has 2 rings (SSSR count). The predicted molar refractivity (Wildman–Crippen MR) is 90.6 cm³/mol. The maximum absolute atomic E-state index is 11.5. The minimum atomic E-state index is -0.345. The zero-order valence-electron chi connectivity index (χ0n) is 14.1. The van der Waals surface area contributed by atoms with Crippen LogP contribution in [0.1, 0.15) is 19.4 Å². The molecule has 0 aromatic heterocycles. The van der Waals surface area contributed by atoms with Crippen LogP contribution in [-0.4, -0.2) is 56.7 Å². The second-order valence-corrected chi connectivity index (χ2v) is 5.81. The number of likely N-dealkylation sites (N-methyl/N-ethyl adjacent to an activating group) is 1. The first-order valence-electron chi connectivity index (χ1n) is 7.97. The van der Waals surface area contributed by atoms with E-state index in [0.29, 0.717) is 0 Å². The van der Waals surface area contributed by atoms with Gasteiger partial charge in [0.25, 0.3) is 0 Å². The lowest BCUT2D eigenvalue weighted by atomic mass is 10.1. The first-order chi connectivity index (χ1) is 10.5. The highest BCUT2D eigenvalue weighted by molar-refractivity contribution is 5.79. The third-order valence-corrected chi connectivity index (χ3v) is 4.32. The number of ether oxygens (including phenoxy) is 1. The molecule has 122 valence electrons. The maximum atomic E-state index is 11.5. The van der Waals surface area contributed by atoms with Gasteiger partial charge in [0.2, 0.25) is 0 Å². The average molecular weight is 305 g/mol. The van der Waals surface area contributed by atoms with Crippen LogP contribution in [0, 0.1) is 6.92 Å². The Morgan fingerprint density at radius 3 is 2.55 bits per heavy atom. The summed E-state index contributed by atoms with van der Waals surface area (Å²) in [5.74, 6) is -0.251. The van der Waals surface area contributed by atoms with E-state index in [0.717, 1.165) is 44.0 Å². The van der Waals surface area contributed by atoms with Crippen LogP contribution >= 0.6 is 0 Å². The van der Waals surface area contributed by atoms with Crippen molar-refractivity contribution in [2.45, 2.75) is 26.8 Å². The molecule has 0 amide bonds. The number of esters is 1. The van der Waals surface area contributed by atoms with Gasteiger partial charge in [-0.25, -0.2) is 4.79 Å². The second kappa shape index (κ2) is 7.49. The third-order valence-electron chi connectivity index (χ3n) is 4.32. The summed E-state index contributed by atoms with van der Waals surface area (Å²) in [5.41, 5.74) is 3.38. The Morgan fingerprint density at radius 1 is 1.32 bits per heavy atom. The van der Waals surface area contributed by atoms with E-state index in [9.17, 15) is 4.79 Å². The largest absolute Gasteiger partial charge is 0.467 e. The van der Waals surface area contributed by atoms with Crippen LogP contribution < -0.4 is 10.2 Å². The lowest BCUT2D eigenvalue weighted by Crippen LogP contribution is -2.46. The van der Waals surface area contributed by atoms with Gasteiger partial charge in [-0.2, -0.15) is 0 Å². The van der Waals surface area contributed by atoms with E-state index in [4.69, 9.17) is 4.74 Å². The highest BCUT2D eigenvalue weighted by Crippen LogP contribution is 2.24. The van der Waals surface area contributed by atoms with Gasteiger partial charge in [0.05, 0.1) is 7.11 Å². The molecule has 1 N–H and O–H groups in total. The van der Waals surface area contributed by atoms with E-state index in [1.165, 1.54) is 12.8 Å². The number of hydrogen-bond donors (Lipinski definition) is 1. The number of methoxy groups -OCH3 is 1. The molecule has 1 aliphatic heterocycles. The number of anilines is 2. The van der Waals surface area contributed by atoms with Gasteiger partial charge in [-0.15, -0.1) is 0 Å². The molecule has 5 heteroatoms. The number of piperazine rings is 1. The summed E-state index contributed by atoms with van der Waals surface area (Å²) >= 11 is 0. The Balaban J connectivity index is 2.02. The molecule has 1 aromatic rings. The number of rotatable bonds is 5. The zero-order chi connectivity index (χ0) is 16.1. The minimum Gasteiger partial charge on any atom is -0.467 e. The highest BCUT2D eigenvalue weighted by Gasteiger charge is 2.17. The summed E-state index contributed by atoms with van der Waals surface area (Å²) in [5, 5.41) is 3.21. The zero-order valence-corrected chi connectivity index (χ0v) is 14.1. The van der Waals surface area contributed by atoms with Gasteiger partial charge in [-0.1, -0.05) is 6.92 Å². The monoisotopic (exact) mass is 305 g/mol. The topological polar surface area (TPSA) is 44.8 Å². The number of carbonyl (C=O) groups excluding carboxylic acids is 1. The Hall–Kier alpha value is -1.75. The van der Waals surface area contributed by atoms with Crippen molar-refractivity contribution in [3.05, 3.63) is 23.8 Å². The molecule has 0 bridgehead atoms. The SMILES string of the molecule is CCN1CCN(c2ccc(N[C@H](C)C(=O)OC)c(C)c2)CC1. The molecule has 0 aliphatic carbocycles. The van der Waals surface area contributed by atoms with Gasteiger partial charge < -0.3 is 19.9 Å². The number of nitrogens with zero attached hydrogens (tertiary/aromatic N) is 2. The van der Waals surface area contributed by atoms with Gasteiger partial charge in [0.1, 0.15) is 6.04 Å². The molecule has 1 aliphatic rings. The average Bonchev–Trinajstić information content (AvgIpc) is 2.55. The first kappa shape index (κ1) is 16.6. The summed E-state index contributed by atoms with van der Waals surface area (Å²) in [6.45, 7) is 11.6. The van der Waals surface area contributed by atoms with Gasteiger partial charge in [0, 0.05) is 37.6 Å². The molecule has 0 unspecified atom stereocenters. The molecule has 1 saturated heterocycles. The van der Waals surface area contributed by atoms with Crippen LogP contribution in [0.2, 0.25) is 0 Å². The van der Waals surface area contributed by atoms with E-state index in [2.05, 4.69) is 47.2 Å². The Labute approximate surface area is 133 Å². The van der Waals surface area contributed by atoms with Crippen LogP contribution in [0.4, 0.5) is 11.4 Å². The van der Waals surface area contributed by atoms with Crippen LogP contribution in [0.5, 0.6) is 0 Å². The van der Waals surface area contributed by atoms with E-state index in [1.54, 1.807) is 0 Å². The molecule has 1 atom stereocenters. The maximum Gasteiger partial charge on any atom is 0.327 e. The number of nitrogens with one attached hydrogen (secondary N) is 1. The van der Waals surface area contributed by atoms with E-state index < -0.39 is 0 Å². The van der Waals surface area contributed by atoms with Gasteiger partial charge in [0.15, 0.2) is 0 Å². The molecule has 1 fully saturated rings. The fraction of sp³-hybridized carbons (Fsp3) is 0.588. The number of carbonyl (C=O) groups is 1. The molecular formula is C17H27N3O2. The fourth-order valence-corrected chi connectivity index (χ4v) is 2.80. The molecule has 0 spiro atoms. The van der Waals surface area contributed by atoms with Crippen LogP contribution in [0.3, 0.4) is 0 Å². The molecular weight excluding hydrogens is 278 g/mol. The van der Waals surface area contributed by atoms with Crippen molar-refractivity contribution in [3.63, 3.8) is 0 Å². The van der Waals surface area contributed by atoms with E-state index in [1.807, 2.05) is 6.92 Å². The summed E-state index contributed by atoms with van der Waals surface area (Å²) in [6.07, 6.45) is 0. The highest BCUT2D eigenvalue weighted by atomic mass is 16.5. The minimum absolute atomic E-state index is 0.251. The summed E-state index contributed by atoms with van der Waals surface area (Å²) in [6, 6.07) is 6.02. The molecule has 22 heavy (non-hydrogen) atoms. The van der Waals surface area contributed by atoms with E-state index in [-0.39, 0.29) is 12.0 Å². The summed E-state index contributed by atoms with van der Waals surface area (Å²) in [4.78, 5) is 16.4. The third kappa shape index (κ3) is 3.91. The Kier molecular flexibility index (Phi) is 5.66. The van der Waals surface area contributed by atoms with Crippen LogP contribution in [-0.2, 0) is 9.53 Å². The number of hydrogen-bond acceptors (Lipinski definition) is 5. The summed E-state index contributed by atoms with van der Waals surface area (Å²) in [7, 11) is 1.41. The predicted octanol–water partition coefficient (Wildman–Crippen LogP) is 2.11. The van der Waals surface area contributed by atoms with Crippen molar-refractivity contribution >= 4 is 17.3 Å². The lowest BCUT2D eigenvalue weighted by Gasteiger charge is -2.35. The molecule has 0 radical (unpaired) electrons. The van der Waals surface area contributed by atoms with Crippen molar-refractivity contribution in [3.8, 4) is 0 Å². The van der Waals surface area contributed by atoms with Crippen molar-refractivity contribution in [2.24, 2.45) is 0 Å². The van der Waals surface area contributed by atoms with Gasteiger partial charge in [-0.05, 0) is 44.2 Å². The quantitative estimate of drug-likeness (QED) is 0.844. The van der Waals surface area contributed by atoms with E-state index >= 15 is 0 Å². The Bertz CT molecular complexity index is 511. The standard InChI is InChI=1S/C17H27N3O2/c1-5-19-8-10-20(11-9-19)15-6-7-16(13(2)12-15)18-14(3)17(21)22-4/h6-7,12,14,18H,5,8-11H2,1-4H3/t14-/m1/s1. The van der Waals surface area contributed by atoms with Crippen LogP contribution in [0.15, 0.2) is 18.2 Å². The Morgan fingerprint density at radius 2 is 2.00 bits per heavy atom. The lowest BCUT2D eigenvalue weighted by molar-refractivity contribution is -0.141. The van der Waals surface area contributed by atoms with Crippen molar-refractivity contribution < 1.29 is 9.53 Å². The van der Waals surface area contributed by atoms with Crippen molar-refractivity contribution in [2.75, 3.05) is 50.1 Å². The number of benzene rings is 1. The van der Waals surface area contributed by atoms with Crippen molar-refractivity contribution in [1.82, 2.24) is 4.90 Å².